The molecule has 0 spiro atoms. The molecule has 132 valence electrons. The number of fused-ring (bicyclic) bond motifs is 1. The first-order valence-electron chi connectivity index (χ1n) is 8.51. The molecule has 1 aromatic carbocycles. The molecule has 3 unspecified atom stereocenters. The number of rotatable bonds is 4. The third kappa shape index (κ3) is 4.28. The third-order valence-electron chi connectivity index (χ3n) is 4.82. The Balaban J connectivity index is 0.00000208. The van der Waals surface area contributed by atoms with E-state index in [9.17, 15) is 9.59 Å². The van der Waals surface area contributed by atoms with Crippen molar-refractivity contribution in [2.24, 2.45) is 5.92 Å². The Hall–Kier alpha value is -1.59. The summed E-state index contributed by atoms with van der Waals surface area (Å²) >= 11 is 0. The fourth-order valence-electron chi connectivity index (χ4n) is 3.69. The molecule has 1 saturated heterocycles. The largest absolute Gasteiger partial charge is 0.462 e. The van der Waals surface area contributed by atoms with Crippen LogP contribution >= 0.6 is 12.4 Å². The molecule has 2 aliphatic rings. The first kappa shape index (κ1) is 18.7. The van der Waals surface area contributed by atoms with E-state index in [-0.39, 0.29) is 30.3 Å². The minimum atomic E-state index is -0.367. The SMILES string of the molecule is CCOC(=O)c1cccc(NC(=O)C2CC3CCCCC3N2)c1.Cl. The molecular formula is C18H25ClN2O3. The second-order valence-electron chi connectivity index (χ2n) is 6.40. The average Bonchev–Trinajstić information content (AvgIpc) is 2.99. The molecule has 1 aliphatic heterocycles. The van der Waals surface area contributed by atoms with Crippen LogP contribution in [0.15, 0.2) is 24.3 Å². The Morgan fingerprint density at radius 3 is 2.83 bits per heavy atom. The van der Waals surface area contributed by atoms with Crippen LogP contribution in [0.1, 0.15) is 49.4 Å². The molecule has 3 rings (SSSR count). The van der Waals surface area contributed by atoms with E-state index in [1.54, 1.807) is 31.2 Å². The Labute approximate surface area is 148 Å². The van der Waals surface area contributed by atoms with E-state index < -0.39 is 0 Å². The van der Waals surface area contributed by atoms with Crippen LogP contribution in [0.25, 0.3) is 0 Å². The zero-order valence-corrected chi connectivity index (χ0v) is 14.7. The lowest BCUT2D eigenvalue weighted by Gasteiger charge is -2.24. The number of anilines is 1. The summed E-state index contributed by atoms with van der Waals surface area (Å²) in [6, 6.07) is 7.26. The second-order valence-corrected chi connectivity index (χ2v) is 6.40. The molecule has 2 fully saturated rings. The fraction of sp³-hybridized carbons (Fsp3) is 0.556. The van der Waals surface area contributed by atoms with Crippen LogP contribution in [0.3, 0.4) is 0 Å². The molecule has 3 atom stereocenters. The minimum absolute atomic E-state index is 0. The van der Waals surface area contributed by atoms with E-state index in [2.05, 4.69) is 10.6 Å². The third-order valence-corrected chi connectivity index (χ3v) is 4.82. The van der Waals surface area contributed by atoms with Crippen molar-refractivity contribution < 1.29 is 14.3 Å². The van der Waals surface area contributed by atoms with E-state index in [0.717, 1.165) is 6.42 Å². The summed E-state index contributed by atoms with van der Waals surface area (Å²) < 4.78 is 4.99. The van der Waals surface area contributed by atoms with Gasteiger partial charge < -0.3 is 15.4 Å². The highest BCUT2D eigenvalue weighted by molar-refractivity contribution is 5.97. The number of esters is 1. The standard InChI is InChI=1S/C18H24N2O3.ClH/c1-2-23-18(22)13-7-5-8-14(10-13)19-17(21)16-11-12-6-3-4-9-15(12)20-16;/h5,7-8,10,12,15-16,20H,2-4,6,9,11H2,1H3,(H,19,21);1H. The Kier molecular flexibility index (Phi) is 6.63. The summed E-state index contributed by atoms with van der Waals surface area (Å²) in [5, 5.41) is 6.39. The lowest BCUT2D eigenvalue weighted by atomic mass is 9.85. The highest BCUT2D eigenvalue weighted by atomic mass is 35.5. The molecule has 1 amide bonds. The summed E-state index contributed by atoms with van der Waals surface area (Å²) in [6.07, 6.45) is 5.84. The maximum Gasteiger partial charge on any atom is 0.338 e. The summed E-state index contributed by atoms with van der Waals surface area (Å²) in [5.74, 6) is 0.249. The maximum absolute atomic E-state index is 12.5. The Morgan fingerprint density at radius 1 is 1.29 bits per heavy atom. The molecule has 1 saturated carbocycles. The van der Waals surface area contributed by atoms with Crippen LogP contribution in [0.5, 0.6) is 0 Å². The van der Waals surface area contributed by atoms with Crippen molar-refractivity contribution in [3.8, 4) is 0 Å². The van der Waals surface area contributed by atoms with Crippen LogP contribution in [-0.4, -0.2) is 30.6 Å². The van der Waals surface area contributed by atoms with Crippen LogP contribution in [0.2, 0.25) is 0 Å². The fourth-order valence-corrected chi connectivity index (χ4v) is 3.69. The van der Waals surface area contributed by atoms with Gasteiger partial charge in [0.15, 0.2) is 0 Å². The smallest absolute Gasteiger partial charge is 0.338 e. The molecular weight excluding hydrogens is 328 g/mol. The summed E-state index contributed by atoms with van der Waals surface area (Å²) in [7, 11) is 0. The van der Waals surface area contributed by atoms with E-state index >= 15 is 0 Å². The van der Waals surface area contributed by atoms with Gasteiger partial charge in [-0.15, -0.1) is 12.4 Å². The number of hydrogen-bond donors (Lipinski definition) is 2. The number of amides is 1. The summed E-state index contributed by atoms with van der Waals surface area (Å²) in [5.41, 5.74) is 1.09. The predicted molar refractivity (Wildman–Crippen MR) is 95.6 cm³/mol. The number of nitrogens with one attached hydrogen (secondary N) is 2. The second kappa shape index (κ2) is 8.49. The molecule has 6 heteroatoms. The van der Waals surface area contributed by atoms with Crippen molar-refractivity contribution in [1.82, 2.24) is 5.32 Å². The van der Waals surface area contributed by atoms with Crippen molar-refractivity contribution in [2.45, 2.75) is 51.1 Å². The van der Waals surface area contributed by atoms with Gasteiger partial charge in [0.25, 0.3) is 0 Å². The van der Waals surface area contributed by atoms with Gasteiger partial charge in [-0.05, 0) is 50.3 Å². The zero-order valence-electron chi connectivity index (χ0n) is 13.9. The molecule has 0 bridgehead atoms. The van der Waals surface area contributed by atoms with Gasteiger partial charge in [0.05, 0.1) is 18.2 Å². The van der Waals surface area contributed by atoms with Crippen molar-refractivity contribution in [1.29, 1.82) is 0 Å². The molecule has 5 nitrogen and oxygen atoms in total. The van der Waals surface area contributed by atoms with Gasteiger partial charge in [-0.3, -0.25) is 4.79 Å². The Morgan fingerprint density at radius 2 is 2.08 bits per heavy atom. The summed E-state index contributed by atoms with van der Waals surface area (Å²) in [6.45, 7) is 2.11. The first-order valence-corrected chi connectivity index (χ1v) is 8.51. The number of halogens is 1. The maximum atomic E-state index is 12.5. The predicted octanol–water partition coefficient (Wildman–Crippen LogP) is 3.14. The number of carbonyl (C=O) groups excluding carboxylic acids is 2. The van der Waals surface area contributed by atoms with Crippen LogP contribution in [0, 0.1) is 5.92 Å². The minimum Gasteiger partial charge on any atom is -0.462 e. The van der Waals surface area contributed by atoms with E-state index in [1.165, 1.54) is 25.7 Å². The van der Waals surface area contributed by atoms with Gasteiger partial charge in [0.1, 0.15) is 0 Å². The lowest BCUT2D eigenvalue weighted by Crippen LogP contribution is -2.39. The van der Waals surface area contributed by atoms with Gasteiger partial charge >= 0.3 is 5.97 Å². The number of carbonyl (C=O) groups is 2. The van der Waals surface area contributed by atoms with Crippen molar-refractivity contribution in [3.63, 3.8) is 0 Å². The van der Waals surface area contributed by atoms with E-state index in [1.807, 2.05) is 0 Å². The van der Waals surface area contributed by atoms with Crippen LogP contribution in [0.4, 0.5) is 5.69 Å². The van der Waals surface area contributed by atoms with Crippen molar-refractivity contribution in [3.05, 3.63) is 29.8 Å². The van der Waals surface area contributed by atoms with E-state index in [4.69, 9.17) is 4.74 Å². The van der Waals surface area contributed by atoms with Gasteiger partial charge in [-0.1, -0.05) is 18.9 Å². The van der Waals surface area contributed by atoms with Gasteiger partial charge in [-0.2, -0.15) is 0 Å². The number of benzene rings is 1. The molecule has 24 heavy (non-hydrogen) atoms. The van der Waals surface area contributed by atoms with Crippen molar-refractivity contribution in [2.75, 3.05) is 11.9 Å². The average molecular weight is 353 g/mol. The Bertz CT molecular complexity index is 579. The van der Waals surface area contributed by atoms with Gasteiger partial charge in [-0.25, -0.2) is 4.79 Å². The topological polar surface area (TPSA) is 67.4 Å². The van der Waals surface area contributed by atoms with Crippen molar-refractivity contribution >= 4 is 30.0 Å². The van der Waals surface area contributed by atoms with Crippen LogP contribution < -0.4 is 10.6 Å². The molecule has 0 aromatic heterocycles. The highest BCUT2D eigenvalue weighted by Crippen LogP contribution is 2.33. The number of ether oxygens (including phenoxy) is 1. The van der Waals surface area contributed by atoms with Gasteiger partial charge in [0, 0.05) is 11.7 Å². The first-order chi connectivity index (χ1) is 11.2. The lowest BCUT2D eigenvalue weighted by molar-refractivity contribution is -0.117. The molecule has 1 aromatic rings. The van der Waals surface area contributed by atoms with E-state index in [0.29, 0.717) is 29.8 Å². The highest BCUT2D eigenvalue weighted by Gasteiger charge is 2.38. The normalized spacial score (nSPS) is 25.3. The van der Waals surface area contributed by atoms with Gasteiger partial charge in [0.2, 0.25) is 5.91 Å². The molecule has 1 heterocycles. The molecule has 1 aliphatic carbocycles. The van der Waals surface area contributed by atoms with Crippen LogP contribution in [-0.2, 0) is 9.53 Å². The monoisotopic (exact) mass is 352 g/mol. The number of hydrogen-bond acceptors (Lipinski definition) is 4. The zero-order chi connectivity index (χ0) is 16.2. The quantitative estimate of drug-likeness (QED) is 0.817. The molecule has 0 radical (unpaired) electrons. The summed E-state index contributed by atoms with van der Waals surface area (Å²) in [4.78, 5) is 24.2. The molecule has 2 N–H and O–H groups in total.